The highest BCUT2D eigenvalue weighted by molar-refractivity contribution is 5.94. The van der Waals surface area contributed by atoms with Crippen molar-refractivity contribution in [1.82, 2.24) is 10.3 Å². The molecule has 0 spiro atoms. The molecular formula is C17H25N3O2. The summed E-state index contributed by atoms with van der Waals surface area (Å²) in [5.74, 6) is 2.74. The number of carbonyl (C=O) groups excluding carboxylic acids is 1. The fourth-order valence-corrected chi connectivity index (χ4v) is 2.35. The number of amides is 1. The molecule has 0 aliphatic rings. The molecule has 0 aromatic carbocycles. The summed E-state index contributed by atoms with van der Waals surface area (Å²) in [5.41, 5.74) is -0.258. The molecule has 3 N–H and O–H groups in total. The second-order valence-electron chi connectivity index (χ2n) is 5.40. The molecule has 1 aromatic heterocycles. The van der Waals surface area contributed by atoms with Crippen molar-refractivity contribution in [2.24, 2.45) is 0 Å². The molecule has 1 rings (SSSR count). The number of aliphatic hydroxyl groups is 1. The van der Waals surface area contributed by atoms with Crippen molar-refractivity contribution in [1.29, 1.82) is 0 Å². The normalized spacial score (nSPS) is 10.8. The van der Waals surface area contributed by atoms with Gasteiger partial charge in [0.15, 0.2) is 0 Å². The van der Waals surface area contributed by atoms with Crippen LogP contribution in [0.15, 0.2) is 18.3 Å². The Kier molecular flexibility index (Phi) is 7.41. The molecule has 0 radical (unpaired) electrons. The molecular weight excluding hydrogens is 278 g/mol. The highest BCUT2D eigenvalue weighted by Gasteiger charge is 2.24. The van der Waals surface area contributed by atoms with Gasteiger partial charge in [-0.15, -0.1) is 6.42 Å². The van der Waals surface area contributed by atoms with Crippen LogP contribution in [-0.4, -0.2) is 34.7 Å². The van der Waals surface area contributed by atoms with Crippen molar-refractivity contribution in [3.63, 3.8) is 0 Å². The number of hydrogen-bond acceptors (Lipinski definition) is 4. The first kappa shape index (κ1) is 18.0. The molecule has 1 amide bonds. The van der Waals surface area contributed by atoms with Crippen LogP contribution in [0.5, 0.6) is 0 Å². The Hall–Kier alpha value is -2.06. The van der Waals surface area contributed by atoms with Crippen molar-refractivity contribution in [3.05, 3.63) is 23.9 Å². The van der Waals surface area contributed by atoms with E-state index in [-0.39, 0.29) is 12.5 Å². The zero-order valence-corrected chi connectivity index (χ0v) is 13.4. The number of rotatable bonds is 9. The van der Waals surface area contributed by atoms with E-state index in [1.807, 2.05) is 0 Å². The predicted molar refractivity (Wildman–Crippen MR) is 88.7 cm³/mol. The third-order valence-electron chi connectivity index (χ3n) is 3.41. The van der Waals surface area contributed by atoms with Crippen LogP contribution in [0.2, 0.25) is 0 Å². The zero-order valence-electron chi connectivity index (χ0n) is 13.4. The van der Waals surface area contributed by atoms with Gasteiger partial charge in [-0.05, 0) is 25.0 Å². The van der Waals surface area contributed by atoms with Gasteiger partial charge >= 0.3 is 0 Å². The van der Waals surface area contributed by atoms with Crippen molar-refractivity contribution in [2.45, 2.75) is 45.1 Å². The summed E-state index contributed by atoms with van der Waals surface area (Å²) in [4.78, 5) is 15.9. The Morgan fingerprint density at radius 2 is 2.05 bits per heavy atom. The van der Waals surface area contributed by atoms with Crippen LogP contribution in [0, 0.1) is 12.3 Å². The molecule has 0 saturated carbocycles. The minimum Gasteiger partial charge on any atom is -0.388 e. The van der Waals surface area contributed by atoms with E-state index in [1.54, 1.807) is 12.1 Å². The van der Waals surface area contributed by atoms with Gasteiger partial charge in [0.1, 0.15) is 5.82 Å². The highest BCUT2D eigenvalue weighted by atomic mass is 16.3. The summed E-state index contributed by atoms with van der Waals surface area (Å²) in [6, 6.07) is 3.41. The van der Waals surface area contributed by atoms with Crippen LogP contribution in [0.3, 0.4) is 0 Å². The van der Waals surface area contributed by atoms with Gasteiger partial charge in [0.05, 0.1) is 17.7 Å². The van der Waals surface area contributed by atoms with Gasteiger partial charge in [0.25, 0.3) is 5.91 Å². The standard InChI is InChI=1S/C17H25N3O2/c1-4-9-17(22,10-5-2)13-20-15-8-7-14(12-19-15)16(21)18-11-6-3/h3,7-8,12,22H,4-5,9-11,13H2,1-2H3,(H,18,21)(H,19,20). The first-order valence-electron chi connectivity index (χ1n) is 7.68. The molecule has 0 unspecified atom stereocenters. The topological polar surface area (TPSA) is 74.2 Å². The van der Waals surface area contributed by atoms with Gasteiger partial charge in [-0.25, -0.2) is 4.98 Å². The summed E-state index contributed by atoms with van der Waals surface area (Å²) in [6.45, 7) is 4.76. The van der Waals surface area contributed by atoms with Gasteiger partial charge < -0.3 is 15.7 Å². The maximum atomic E-state index is 11.7. The highest BCUT2D eigenvalue weighted by Crippen LogP contribution is 2.20. The number of hydrogen-bond donors (Lipinski definition) is 3. The molecule has 0 aliphatic carbocycles. The van der Waals surface area contributed by atoms with E-state index in [4.69, 9.17) is 6.42 Å². The van der Waals surface area contributed by atoms with E-state index in [1.165, 1.54) is 6.20 Å². The van der Waals surface area contributed by atoms with E-state index >= 15 is 0 Å². The Labute approximate surface area is 132 Å². The smallest absolute Gasteiger partial charge is 0.253 e. The summed E-state index contributed by atoms with van der Waals surface area (Å²) in [5, 5.41) is 16.3. The van der Waals surface area contributed by atoms with Gasteiger partial charge in [0.2, 0.25) is 0 Å². The van der Waals surface area contributed by atoms with Crippen LogP contribution >= 0.6 is 0 Å². The average Bonchev–Trinajstić information content (AvgIpc) is 2.52. The molecule has 5 nitrogen and oxygen atoms in total. The molecule has 0 fully saturated rings. The molecule has 5 heteroatoms. The second-order valence-corrected chi connectivity index (χ2v) is 5.40. The molecule has 0 bridgehead atoms. The number of nitrogens with zero attached hydrogens (tertiary/aromatic N) is 1. The van der Waals surface area contributed by atoms with Crippen LogP contribution in [0.4, 0.5) is 5.82 Å². The minimum atomic E-state index is -0.714. The molecule has 0 saturated heterocycles. The number of aromatic nitrogens is 1. The molecule has 120 valence electrons. The maximum Gasteiger partial charge on any atom is 0.253 e. The minimum absolute atomic E-state index is 0.194. The third kappa shape index (κ3) is 5.74. The first-order chi connectivity index (χ1) is 10.5. The van der Waals surface area contributed by atoms with E-state index in [9.17, 15) is 9.90 Å². The molecule has 1 heterocycles. The fraction of sp³-hybridized carbons (Fsp3) is 0.529. The lowest BCUT2D eigenvalue weighted by molar-refractivity contribution is 0.0343. The molecule has 1 aromatic rings. The van der Waals surface area contributed by atoms with E-state index in [2.05, 4.69) is 35.4 Å². The van der Waals surface area contributed by atoms with Crippen molar-refractivity contribution >= 4 is 11.7 Å². The van der Waals surface area contributed by atoms with Crippen LogP contribution in [-0.2, 0) is 0 Å². The number of terminal acetylenes is 1. The van der Waals surface area contributed by atoms with Gasteiger partial charge in [-0.3, -0.25) is 4.79 Å². The van der Waals surface area contributed by atoms with E-state index < -0.39 is 5.60 Å². The van der Waals surface area contributed by atoms with Gasteiger partial charge in [-0.1, -0.05) is 32.6 Å². The lowest BCUT2D eigenvalue weighted by atomic mass is 9.93. The average molecular weight is 303 g/mol. The Morgan fingerprint density at radius 3 is 2.55 bits per heavy atom. The van der Waals surface area contributed by atoms with Crippen LogP contribution in [0.25, 0.3) is 0 Å². The largest absolute Gasteiger partial charge is 0.388 e. The van der Waals surface area contributed by atoms with E-state index in [0.29, 0.717) is 17.9 Å². The quantitative estimate of drug-likeness (QED) is 0.611. The number of anilines is 1. The number of carbonyl (C=O) groups is 1. The van der Waals surface area contributed by atoms with Crippen LogP contribution < -0.4 is 10.6 Å². The monoisotopic (exact) mass is 303 g/mol. The van der Waals surface area contributed by atoms with Crippen LogP contribution in [0.1, 0.15) is 49.9 Å². The molecule has 0 atom stereocenters. The van der Waals surface area contributed by atoms with Crippen molar-refractivity contribution < 1.29 is 9.90 Å². The SMILES string of the molecule is C#CCNC(=O)c1ccc(NCC(O)(CCC)CCC)nc1. The first-order valence-corrected chi connectivity index (χ1v) is 7.68. The second kappa shape index (κ2) is 9.06. The number of pyridine rings is 1. The Balaban J connectivity index is 2.60. The summed E-state index contributed by atoms with van der Waals surface area (Å²) in [6.07, 6.45) is 9.95. The summed E-state index contributed by atoms with van der Waals surface area (Å²) < 4.78 is 0. The van der Waals surface area contributed by atoms with Crippen molar-refractivity contribution in [3.8, 4) is 12.3 Å². The molecule has 22 heavy (non-hydrogen) atoms. The molecule has 0 aliphatic heterocycles. The fourth-order valence-electron chi connectivity index (χ4n) is 2.35. The Morgan fingerprint density at radius 1 is 1.36 bits per heavy atom. The summed E-state index contributed by atoms with van der Waals surface area (Å²) >= 11 is 0. The summed E-state index contributed by atoms with van der Waals surface area (Å²) in [7, 11) is 0. The zero-order chi connectivity index (χ0) is 16.4. The third-order valence-corrected chi connectivity index (χ3v) is 3.41. The van der Waals surface area contributed by atoms with E-state index in [0.717, 1.165) is 25.7 Å². The predicted octanol–water partition coefficient (Wildman–Crippen LogP) is 2.19. The number of nitrogens with one attached hydrogen (secondary N) is 2. The van der Waals surface area contributed by atoms with Crippen molar-refractivity contribution in [2.75, 3.05) is 18.4 Å². The van der Waals surface area contributed by atoms with Gasteiger partial charge in [0, 0.05) is 12.7 Å². The lowest BCUT2D eigenvalue weighted by Gasteiger charge is -2.28. The van der Waals surface area contributed by atoms with Gasteiger partial charge in [-0.2, -0.15) is 0 Å². The lowest BCUT2D eigenvalue weighted by Crippen LogP contribution is -2.36. The maximum absolute atomic E-state index is 11.7. The Bertz CT molecular complexity index is 500.